The second-order valence-corrected chi connectivity index (χ2v) is 7.81. The van der Waals surface area contributed by atoms with E-state index in [1.165, 1.54) is 23.8 Å². The number of benzene rings is 1. The second-order valence-electron chi connectivity index (χ2n) is 7.81. The van der Waals surface area contributed by atoms with Crippen molar-refractivity contribution in [3.8, 4) is 0 Å². The van der Waals surface area contributed by atoms with Crippen molar-refractivity contribution in [1.29, 1.82) is 0 Å². The highest BCUT2D eigenvalue weighted by atomic mass is 16.2. The lowest BCUT2D eigenvalue weighted by molar-refractivity contribution is -0.130. The van der Waals surface area contributed by atoms with E-state index in [2.05, 4.69) is 38.8 Å². The van der Waals surface area contributed by atoms with Crippen molar-refractivity contribution in [3.63, 3.8) is 0 Å². The number of aromatic amines is 1. The number of hydrogen-bond acceptors (Lipinski definition) is 5. The molecule has 3 aromatic rings. The van der Waals surface area contributed by atoms with Crippen molar-refractivity contribution in [3.05, 3.63) is 35.8 Å². The lowest BCUT2D eigenvalue weighted by Crippen LogP contribution is -2.34. The maximum atomic E-state index is 11.9. The third kappa shape index (κ3) is 3.28. The van der Waals surface area contributed by atoms with Gasteiger partial charge in [-0.25, -0.2) is 4.68 Å². The molecule has 0 atom stereocenters. The summed E-state index contributed by atoms with van der Waals surface area (Å²) in [5.74, 6) is 2.22. The van der Waals surface area contributed by atoms with Crippen LogP contribution in [0.15, 0.2) is 24.4 Å². The van der Waals surface area contributed by atoms with Crippen LogP contribution in [0.2, 0.25) is 0 Å². The minimum atomic E-state index is 0.193. The highest BCUT2D eigenvalue weighted by molar-refractivity contribution is 5.89. The van der Waals surface area contributed by atoms with Crippen LogP contribution in [0, 0.1) is 0 Å². The van der Waals surface area contributed by atoms with Crippen LogP contribution >= 0.6 is 0 Å². The Bertz CT molecular complexity index is 1110. The molecule has 0 bridgehead atoms. The highest BCUT2D eigenvalue weighted by Gasteiger charge is 2.29. The Morgan fingerprint density at radius 3 is 2.93 bits per heavy atom. The number of aryl methyl sites for hydroxylation is 1. The Hall–Kier alpha value is -3.16. The minimum Gasteiger partial charge on any atom is -0.339 e. The number of carbonyl (C=O) groups is 1. The Morgan fingerprint density at radius 2 is 2.21 bits per heavy atom. The summed E-state index contributed by atoms with van der Waals surface area (Å²) < 4.78 is 1.79. The van der Waals surface area contributed by atoms with Crippen molar-refractivity contribution in [2.24, 2.45) is 7.05 Å². The molecular formula is C21H25N7O. The molecule has 1 amide bonds. The summed E-state index contributed by atoms with van der Waals surface area (Å²) in [6.45, 7) is 3.26. The molecule has 2 N–H and O–H groups in total. The summed E-state index contributed by atoms with van der Waals surface area (Å²) in [4.78, 5) is 18.5. The van der Waals surface area contributed by atoms with Crippen molar-refractivity contribution < 1.29 is 4.79 Å². The summed E-state index contributed by atoms with van der Waals surface area (Å²) in [6, 6.07) is 4.15. The molecule has 0 radical (unpaired) electrons. The van der Waals surface area contributed by atoms with Crippen LogP contribution in [0.3, 0.4) is 0 Å². The first-order valence-corrected chi connectivity index (χ1v) is 10.2. The number of rotatable bonds is 5. The van der Waals surface area contributed by atoms with Gasteiger partial charge in [0.15, 0.2) is 5.82 Å². The number of amides is 1. The van der Waals surface area contributed by atoms with Gasteiger partial charge in [0.05, 0.1) is 11.7 Å². The first kappa shape index (κ1) is 17.9. The summed E-state index contributed by atoms with van der Waals surface area (Å²) in [5.41, 5.74) is 4.54. The van der Waals surface area contributed by atoms with Crippen LogP contribution in [-0.2, 0) is 11.8 Å². The zero-order valence-corrected chi connectivity index (χ0v) is 16.8. The predicted octanol–water partition coefficient (Wildman–Crippen LogP) is 3.34. The molecule has 150 valence electrons. The molecule has 5 rings (SSSR count). The van der Waals surface area contributed by atoms with Crippen LogP contribution < -0.4 is 5.32 Å². The summed E-state index contributed by atoms with van der Waals surface area (Å²) in [5, 5.41) is 16.6. The normalized spacial score (nSPS) is 16.9. The molecule has 0 spiro atoms. The van der Waals surface area contributed by atoms with Gasteiger partial charge in [-0.05, 0) is 48.4 Å². The standard InChI is InChI=1S/C21H25N7O/c1-3-18(29)28-10-8-14(9-11-28)20-24-21(27(2)26-20)23-17-7-6-16-15(12-22-25-16)19(17)13-4-5-13/h6-8,12-13H,3-5,9-11H2,1-2H3,(H,22,25)(H,23,24,26). The van der Waals surface area contributed by atoms with Crippen molar-refractivity contribution in [2.45, 2.75) is 38.5 Å². The number of nitrogens with one attached hydrogen (secondary N) is 2. The van der Waals surface area contributed by atoms with E-state index < -0.39 is 0 Å². The van der Waals surface area contributed by atoms with Gasteiger partial charge >= 0.3 is 0 Å². The average molecular weight is 391 g/mol. The molecule has 0 unspecified atom stereocenters. The Kier molecular flexibility index (Phi) is 4.34. The summed E-state index contributed by atoms with van der Waals surface area (Å²) >= 11 is 0. The zero-order chi connectivity index (χ0) is 20.0. The molecule has 2 aliphatic rings. The number of hydrogen-bond donors (Lipinski definition) is 2. The van der Waals surface area contributed by atoms with Crippen LogP contribution in [0.4, 0.5) is 11.6 Å². The van der Waals surface area contributed by atoms with E-state index in [0.717, 1.165) is 41.5 Å². The molecule has 0 saturated heterocycles. The van der Waals surface area contributed by atoms with Gasteiger partial charge in [-0.15, -0.1) is 5.10 Å². The maximum absolute atomic E-state index is 11.9. The third-order valence-corrected chi connectivity index (χ3v) is 5.81. The summed E-state index contributed by atoms with van der Waals surface area (Å²) in [7, 11) is 1.91. The van der Waals surface area contributed by atoms with Crippen LogP contribution in [0.5, 0.6) is 0 Å². The van der Waals surface area contributed by atoms with Crippen molar-refractivity contribution in [1.82, 2.24) is 29.9 Å². The molecule has 29 heavy (non-hydrogen) atoms. The zero-order valence-electron chi connectivity index (χ0n) is 16.8. The van der Waals surface area contributed by atoms with Gasteiger partial charge in [0.2, 0.25) is 11.9 Å². The average Bonchev–Trinajstić information content (AvgIpc) is 3.35. The van der Waals surface area contributed by atoms with Gasteiger partial charge in [0, 0.05) is 37.6 Å². The molecule has 8 heteroatoms. The summed E-state index contributed by atoms with van der Waals surface area (Å²) in [6.07, 6.45) is 7.73. The van der Waals surface area contributed by atoms with Crippen molar-refractivity contribution >= 4 is 34.0 Å². The number of H-pyrrole nitrogens is 1. The Balaban J connectivity index is 1.41. The van der Waals surface area contributed by atoms with E-state index in [1.807, 2.05) is 25.1 Å². The molecule has 1 fully saturated rings. The van der Waals surface area contributed by atoms with E-state index in [0.29, 0.717) is 18.9 Å². The smallest absolute Gasteiger partial charge is 0.225 e. The molecule has 1 aromatic carbocycles. The predicted molar refractivity (Wildman–Crippen MR) is 112 cm³/mol. The largest absolute Gasteiger partial charge is 0.339 e. The van der Waals surface area contributed by atoms with Crippen LogP contribution in [0.25, 0.3) is 16.5 Å². The van der Waals surface area contributed by atoms with Crippen molar-refractivity contribution in [2.75, 3.05) is 18.4 Å². The topological polar surface area (TPSA) is 91.7 Å². The monoisotopic (exact) mass is 391 g/mol. The van der Waals surface area contributed by atoms with Gasteiger partial charge in [-0.1, -0.05) is 13.0 Å². The fourth-order valence-corrected chi connectivity index (χ4v) is 4.03. The highest BCUT2D eigenvalue weighted by Crippen LogP contribution is 2.47. The van der Waals surface area contributed by atoms with Gasteiger partial charge in [-0.2, -0.15) is 10.1 Å². The van der Waals surface area contributed by atoms with Crippen LogP contribution in [0.1, 0.15) is 49.9 Å². The fraction of sp³-hybridized carbons (Fsp3) is 0.429. The second kappa shape index (κ2) is 7.02. The van der Waals surface area contributed by atoms with E-state index in [-0.39, 0.29) is 5.91 Å². The number of nitrogens with zero attached hydrogens (tertiary/aromatic N) is 5. The first-order valence-electron chi connectivity index (χ1n) is 10.2. The molecule has 1 aliphatic carbocycles. The lowest BCUT2D eigenvalue weighted by Gasteiger charge is -2.25. The van der Waals surface area contributed by atoms with Gasteiger partial charge in [0.1, 0.15) is 0 Å². The number of carbonyl (C=O) groups excluding carboxylic acids is 1. The number of aromatic nitrogens is 5. The molecule has 8 nitrogen and oxygen atoms in total. The molecular weight excluding hydrogens is 366 g/mol. The first-order chi connectivity index (χ1) is 14.1. The van der Waals surface area contributed by atoms with Gasteiger partial charge in [-0.3, -0.25) is 9.89 Å². The molecule has 3 heterocycles. The lowest BCUT2D eigenvalue weighted by atomic mass is 10.0. The maximum Gasteiger partial charge on any atom is 0.225 e. The Labute approximate surface area is 169 Å². The number of fused-ring (bicyclic) bond motifs is 1. The Morgan fingerprint density at radius 1 is 1.34 bits per heavy atom. The SMILES string of the molecule is CCC(=O)N1CC=C(c2nc(Nc3ccc4[nH]ncc4c3C3CC3)n(C)n2)CC1. The quantitative estimate of drug-likeness (QED) is 0.696. The van der Waals surface area contributed by atoms with E-state index in [4.69, 9.17) is 4.98 Å². The fourth-order valence-electron chi connectivity index (χ4n) is 4.03. The van der Waals surface area contributed by atoms with Crippen LogP contribution in [-0.4, -0.2) is 48.9 Å². The molecule has 1 aliphatic heterocycles. The van der Waals surface area contributed by atoms with Gasteiger partial charge < -0.3 is 10.2 Å². The van der Waals surface area contributed by atoms with E-state index in [1.54, 1.807) is 4.68 Å². The van der Waals surface area contributed by atoms with Gasteiger partial charge in [0.25, 0.3) is 0 Å². The third-order valence-electron chi connectivity index (χ3n) is 5.81. The van der Waals surface area contributed by atoms with E-state index in [9.17, 15) is 4.79 Å². The molecule has 1 saturated carbocycles. The number of anilines is 2. The minimum absolute atomic E-state index is 0.193. The van der Waals surface area contributed by atoms with E-state index >= 15 is 0 Å². The molecule has 2 aromatic heterocycles.